The molecular weight excluding hydrogens is 242 g/mol. The molecule has 4 atom stereocenters. The molecule has 96 valence electrons. The number of hydrogen-bond acceptors (Lipinski definition) is 5. The van der Waals surface area contributed by atoms with Crippen LogP contribution in [0.5, 0.6) is 0 Å². The van der Waals surface area contributed by atoms with Crippen molar-refractivity contribution in [3.63, 3.8) is 0 Å². The molecule has 3 heterocycles. The van der Waals surface area contributed by atoms with Gasteiger partial charge in [-0.1, -0.05) is 0 Å². The van der Waals surface area contributed by atoms with Crippen molar-refractivity contribution in [1.29, 1.82) is 0 Å². The molecule has 1 unspecified atom stereocenters. The summed E-state index contributed by atoms with van der Waals surface area (Å²) in [4.78, 5) is 18.6. The molecule has 2 N–H and O–H groups in total. The lowest BCUT2D eigenvalue weighted by Gasteiger charge is -2.51. The van der Waals surface area contributed by atoms with E-state index < -0.39 is 12.9 Å². The SMILES string of the molecule is BC1O[C@@]2(/C=C/P(=C)(O)O)CO[C@@H]1[C@H](OC)C2. The van der Waals surface area contributed by atoms with E-state index in [1.54, 1.807) is 13.2 Å². The number of hydrogen-bond donors (Lipinski definition) is 2. The van der Waals surface area contributed by atoms with Gasteiger partial charge in [0.2, 0.25) is 0 Å². The molecule has 3 fully saturated rings. The van der Waals surface area contributed by atoms with Crippen molar-refractivity contribution in [2.75, 3.05) is 13.7 Å². The first-order valence-electron chi connectivity index (χ1n) is 5.56. The van der Waals surface area contributed by atoms with Crippen molar-refractivity contribution in [2.45, 2.75) is 30.2 Å². The molecule has 3 aliphatic rings. The fourth-order valence-corrected chi connectivity index (χ4v) is 2.96. The van der Waals surface area contributed by atoms with Crippen LogP contribution in [0.1, 0.15) is 6.42 Å². The maximum Gasteiger partial charge on any atom is 0.142 e. The molecule has 0 saturated carbocycles. The van der Waals surface area contributed by atoms with E-state index in [1.165, 1.54) is 5.82 Å². The van der Waals surface area contributed by atoms with Crippen LogP contribution >= 0.6 is 7.34 Å². The van der Waals surface area contributed by atoms with E-state index in [1.807, 2.05) is 7.85 Å². The van der Waals surface area contributed by atoms with Crippen LogP contribution in [0.2, 0.25) is 0 Å². The smallest absolute Gasteiger partial charge is 0.142 e. The number of methoxy groups -OCH3 is 1. The first-order valence-corrected chi connectivity index (χ1v) is 7.51. The summed E-state index contributed by atoms with van der Waals surface area (Å²) in [5.74, 6) is 1.32. The number of ether oxygens (including phenoxy) is 3. The van der Waals surface area contributed by atoms with E-state index >= 15 is 0 Å². The van der Waals surface area contributed by atoms with Gasteiger partial charge in [-0.2, -0.15) is 0 Å². The molecule has 2 bridgehead atoms. The van der Waals surface area contributed by atoms with Crippen LogP contribution in [0.4, 0.5) is 0 Å². The van der Waals surface area contributed by atoms with Gasteiger partial charge < -0.3 is 24.0 Å². The molecule has 0 aromatic rings. The Kier molecular flexibility index (Phi) is 3.56. The quantitative estimate of drug-likeness (QED) is 0.518. The second-order valence-corrected chi connectivity index (χ2v) is 6.61. The van der Waals surface area contributed by atoms with E-state index in [9.17, 15) is 9.79 Å². The number of fused-ring (bicyclic) bond motifs is 3. The van der Waals surface area contributed by atoms with Gasteiger partial charge >= 0.3 is 0 Å². The van der Waals surface area contributed by atoms with Crippen LogP contribution in [0, 0.1) is 0 Å². The predicted octanol–water partition coefficient (Wildman–Crippen LogP) is -0.704. The fraction of sp³-hybridized carbons (Fsp3) is 0.700. The average molecular weight is 260 g/mol. The Labute approximate surface area is 102 Å². The van der Waals surface area contributed by atoms with Crippen molar-refractivity contribution >= 4 is 21.5 Å². The van der Waals surface area contributed by atoms with Gasteiger partial charge in [0.05, 0.1) is 18.7 Å². The van der Waals surface area contributed by atoms with E-state index in [0.717, 1.165) is 0 Å². The molecule has 0 aromatic heterocycles. The van der Waals surface area contributed by atoms with Crippen molar-refractivity contribution in [3.05, 3.63) is 11.9 Å². The third-order valence-electron chi connectivity index (χ3n) is 3.24. The van der Waals surface area contributed by atoms with Gasteiger partial charge in [-0.15, -0.1) is 0 Å². The van der Waals surface area contributed by atoms with Crippen LogP contribution < -0.4 is 0 Å². The first-order chi connectivity index (χ1) is 7.85. The van der Waals surface area contributed by atoms with E-state index in [2.05, 4.69) is 6.30 Å². The Morgan fingerprint density at radius 3 is 2.82 bits per heavy atom. The zero-order valence-electron chi connectivity index (χ0n) is 10.1. The van der Waals surface area contributed by atoms with Crippen LogP contribution in [0.3, 0.4) is 0 Å². The summed E-state index contributed by atoms with van der Waals surface area (Å²) in [7, 11) is 0.405. The number of rotatable bonds is 3. The van der Waals surface area contributed by atoms with Gasteiger partial charge in [0, 0.05) is 13.5 Å². The molecule has 0 aromatic carbocycles. The summed E-state index contributed by atoms with van der Waals surface area (Å²) in [5, 5.41) is 0. The lowest BCUT2D eigenvalue weighted by atomic mass is 9.78. The van der Waals surface area contributed by atoms with Crippen molar-refractivity contribution in [3.8, 4) is 0 Å². The van der Waals surface area contributed by atoms with Gasteiger partial charge in [0.1, 0.15) is 26.9 Å². The summed E-state index contributed by atoms with van der Waals surface area (Å²) in [6.45, 7) is 0.415. The van der Waals surface area contributed by atoms with Crippen molar-refractivity contribution < 1.29 is 24.0 Å². The molecule has 0 radical (unpaired) electrons. The van der Waals surface area contributed by atoms with Crippen LogP contribution in [0.15, 0.2) is 11.9 Å². The normalized spacial score (nSPS) is 42.2. The molecule has 3 saturated heterocycles. The highest BCUT2D eigenvalue weighted by atomic mass is 31.2. The third-order valence-corrected chi connectivity index (χ3v) is 3.86. The monoisotopic (exact) mass is 260 g/mol. The van der Waals surface area contributed by atoms with Gasteiger partial charge in [0.25, 0.3) is 0 Å². The fourth-order valence-electron chi connectivity index (χ4n) is 2.45. The maximum absolute atomic E-state index is 9.30. The van der Waals surface area contributed by atoms with E-state index in [0.29, 0.717) is 13.0 Å². The lowest BCUT2D eigenvalue weighted by Crippen LogP contribution is -2.63. The van der Waals surface area contributed by atoms with E-state index in [4.69, 9.17) is 14.2 Å². The van der Waals surface area contributed by atoms with Gasteiger partial charge in [0.15, 0.2) is 0 Å². The zero-order chi connectivity index (χ0) is 12.7. The minimum absolute atomic E-state index is 0.0212. The molecule has 0 amide bonds. The topological polar surface area (TPSA) is 68.2 Å². The Bertz CT molecular complexity index is 368. The third kappa shape index (κ3) is 2.84. The van der Waals surface area contributed by atoms with Crippen LogP contribution in [0.25, 0.3) is 0 Å². The molecule has 0 spiro atoms. The second kappa shape index (κ2) is 4.54. The zero-order valence-corrected chi connectivity index (χ0v) is 11.0. The van der Waals surface area contributed by atoms with Crippen molar-refractivity contribution in [2.24, 2.45) is 0 Å². The molecule has 7 heteroatoms. The van der Waals surface area contributed by atoms with Gasteiger partial charge in [-0.3, -0.25) is 0 Å². The summed E-state index contributed by atoms with van der Waals surface area (Å²) in [6, 6.07) is -0.0676. The Morgan fingerprint density at radius 1 is 1.59 bits per heavy atom. The largest absolute Gasteiger partial charge is 0.379 e. The lowest BCUT2D eigenvalue weighted by molar-refractivity contribution is -0.267. The standard InChI is InChI=1S/C10H18BO5P/c1-14-7-5-10(3-4-17(2,12)13)6-15-8(7)9(11)16-10/h3-4,7-9,12-13H,2,5-6,11H2,1H3/b4-3+/t7-,8-,9?,10-/m1/s1. The molecule has 0 aliphatic carbocycles. The first kappa shape index (κ1) is 13.3. The van der Waals surface area contributed by atoms with E-state index in [-0.39, 0.29) is 18.2 Å². The highest BCUT2D eigenvalue weighted by Gasteiger charge is 2.50. The molecule has 17 heavy (non-hydrogen) atoms. The highest BCUT2D eigenvalue weighted by molar-refractivity contribution is 7.65. The molecular formula is C10H18BO5P. The molecule has 3 rings (SSSR count). The second-order valence-electron chi connectivity index (χ2n) is 4.74. The van der Waals surface area contributed by atoms with Crippen LogP contribution in [-0.2, 0) is 14.2 Å². The van der Waals surface area contributed by atoms with Crippen molar-refractivity contribution in [1.82, 2.24) is 0 Å². The average Bonchev–Trinajstić information content (AvgIpc) is 2.26. The minimum atomic E-state index is -3.18. The summed E-state index contributed by atoms with van der Waals surface area (Å²) >= 11 is 0. The van der Waals surface area contributed by atoms with Crippen LogP contribution in [-0.4, -0.2) is 61.5 Å². The summed E-state index contributed by atoms with van der Waals surface area (Å²) < 4.78 is 16.9. The molecule has 3 aliphatic heterocycles. The summed E-state index contributed by atoms with van der Waals surface area (Å²) in [6.07, 6.45) is 5.55. The highest BCUT2D eigenvalue weighted by Crippen LogP contribution is 2.42. The maximum atomic E-state index is 9.30. The van der Waals surface area contributed by atoms with Gasteiger partial charge in [-0.25, -0.2) is 0 Å². The minimum Gasteiger partial charge on any atom is -0.379 e. The van der Waals surface area contributed by atoms with Gasteiger partial charge in [-0.05, 0) is 18.2 Å². The Hall–Kier alpha value is -0.0951. The summed E-state index contributed by atoms with van der Waals surface area (Å²) in [5.41, 5.74) is -0.622. The molecule has 5 nitrogen and oxygen atoms in total. The predicted molar refractivity (Wildman–Crippen MR) is 68.9 cm³/mol. The Morgan fingerprint density at radius 2 is 2.29 bits per heavy atom. The Balaban J connectivity index is 2.19.